The zero-order valence-corrected chi connectivity index (χ0v) is 10.1. The molecule has 0 saturated heterocycles. The largest absolute Gasteiger partial charge is 0.507 e. The minimum absolute atomic E-state index is 0.227. The van der Waals surface area contributed by atoms with Crippen LogP contribution in [0.2, 0.25) is 0 Å². The lowest BCUT2D eigenvalue weighted by Gasteiger charge is -2.08. The third-order valence-corrected chi connectivity index (χ3v) is 2.81. The van der Waals surface area contributed by atoms with E-state index in [9.17, 15) is 5.11 Å². The molecule has 2 aromatic rings. The van der Waals surface area contributed by atoms with E-state index in [1.165, 1.54) is 0 Å². The van der Waals surface area contributed by atoms with E-state index < -0.39 is 0 Å². The van der Waals surface area contributed by atoms with Crippen molar-refractivity contribution in [1.29, 1.82) is 0 Å². The van der Waals surface area contributed by atoms with Crippen LogP contribution in [-0.4, -0.2) is 10.1 Å². The van der Waals surface area contributed by atoms with E-state index in [0.717, 1.165) is 21.2 Å². The van der Waals surface area contributed by atoms with Gasteiger partial charge in [0, 0.05) is 22.4 Å². The average Bonchev–Trinajstić information content (AvgIpc) is 2.32. The number of phenolic OH excluding ortho intramolecular Hbond substituents is 1. The Bertz CT molecular complexity index is 523. The Balaban J connectivity index is 2.46. The number of nitrogens with zero attached hydrogens (tertiary/aromatic N) is 1. The summed E-state index contributed by atoms with van der Waals surface area (Å²) >= 11 is 3.37. The maximum Gasteiger partial charge on any atom is 0.123 e. The van der Waals surface area contributed by atoms with Crippen LogP contribution >= 0.6 is 15.9 Å². The van der Waals surface area contributed by atoms with Gasteiger partial charge in [-0.05, 0) is 41.5 Å². The second kappa shape index (κ2) is 4.49. The summed E-state index contributed by atoms with van der Waals surface area (Å²) in [5.74, 6) is 0.227. The molecule has 1 aromatic carbocycles. The number of phenols is 1. The van der Waals surface area contributed by atoms with Gasteiger partial charge in [-0.3, -0.25) is 4.98 Å². The zero-order chi connectivity index (χ0) is 11.5. The van der Waals surface area contributed by atoms with Crippen molar-refractivity contribution < 1.29 is 5.11 Å². The van der Waals surface area contributed by atoms with Gasteiger partial charge in [-0.2, -0.15) is 0 Å². The Morgan fingerprint density at radius 3 is 2.56 bits per heavy atom. The minimum atomic E-state index is 0.227. The van der Waals surface area contributed by atoms with Gasteiger partial charge in [-0.15, -0.1) is 0 Å². The SMILES string of the molecule is C=C(c1ccncc1)c1cc(Br)ccc1O. The number of benzene rings is 1. The molecule has 16 heavy (non-hydrogen) atoms. The topological polar surface area (TPSA) is 33.1 Å². The first kappa shape index (κ1) is 10.9. The summed E-state index contributed by atoms with van der Waals surface area (Å²) in [5, 5.41) is 9.77. The van der Waals surface area contributed by atoms with E-state index >= 15 is 0 Å². The van der Waals surface area contributed by atoms with E-state index in [1.807, 2.05) is 18.2 Å². The lowest BCUT2D eigenvalue weighted by Crippen LogP contribution is -1.87. The van der Waals surface area contributed by atoms with Gasteiger partial charge in [0.1, 0.15) is 5.75 Å². The van der Waals surface area contributed by atoms with Crippen molar-refractivity contribution >= 4 is 21.5 Å². The summed E-state index contributed by atoms with van der Waals surface area (Å²) in [7, 11) is 0. The standard InChI is InChI=1S/C13H10BrNO/c1-9(10-4-6-15-7-5-10)12-8-11(14)2-3-13(12)16/h2-8,16H,1H2. The highest BCUT2D eigenvalue weighted by Crippen LogP contribution is 2.30. The smallest absolute Gasteiger partial charge is 0.123 e. The van der Waals surface area contributed by atoms with Crippen molar-refractivity contribution in [2.45, 2.75) is 0 Å². The van der Waals surface area contributed by atoms with E-state index in [0.29, 0.717) is 0 Å². The Morgan fingerprint density at radius 1 is 1.19 bits per heavy atom. The van der Waals surface area contributed by atoms with Crippen molar-refractivity contribution in [2.75, 3.05) is 0 Å². The molecule has 1 heterocycles. The second-order valence-electron chi connectivity index (χ2n) is 3.38. The first-order chi connectivity index (χ1) is 7.68. The van der Waals surface area contributed by atoms with E-state index in [4.69, 9.17) is 0 Å². The fourth-order valence-electron chi connectivity index (χ4n) is 1.46. The molecule has 0 radical (unpaired) electrons. The summed E-state index contributed by atoms with van der Waals surface area (Å²) in [4.78, 5) is 3.95. The number of halogens is 1. The van der Waals surface area contributed by atoms with Crippen LogP contribution in [0.25, 0.3) is 5.57 Å². The Labute approximate surface area is 102 Å². The molecule has 0 amide bonds. The highest BCUT2D eigenvalue weighted by Gasteiger charge is 2.07. The molecule has 0 aliphatic heterocycles. The van der Waals surface area contributed by atoms with Gasteiger partial charge in [0.25, 0.3) is 0 Å². The molecule has 0 saturated carbocycles. The van der Waals surface area contributed by atoms with Crippen LogP contribution < -0.4 is 0 Å². The van der Waals surface area contributed by atoms with Crippen molar-refractivity contribution in [3.63, 3.8) is 0 Å². The predicted octanol–water partition coefficient (Wildman–Crippen LogP) is 3.61. The van der Waals surface area contributed by atoms with Crippen LogP contribution in [0.4, 0.5) is 0 Å². The molecule has 0 unspecified atom stereocenters. The van der Waals surface area contributed by atoms with Crippen molar-refractivity contribution in [3.05, 3.63) is 64.9 Å². The molecule has 0 aliphatic carbocycles. The van der Waals surface area contributed by atoms with E-state index in [-0.39, 0.29) is 5.75 Å². The summed E-state index contributed by atoms with van der Waals surface area (Å²) in [6.07, 6.45) is 3.41. The highest BCUT2D eigenvalue weighted by molar-refractivity contribution is 9.10. The fourth-order valence-corrected chi connectivity index (χ4v) is 1.82. The van der Waals surface area contributed by atoms with Crippen LogP contribution in [0, 0.1) is 0 Å². The molecule has 0 spiro atoms. The molecule has 80 valence electrons. The molecule has 0 atom stereocenters. The van der Waals surface area contributed by atoms with Crippen LogP contribution in [-0.2, 0) is 0 Å². The third kappa shape index (κ3) is 2.14. The highest BCUT2D eigenvalue weighted by atomic mass is 79.9. The van der Waals surface area contributed by atoms with Crippen molar-refractivity contribution in [1.82, 2.24) is 4.98 Å². The van der Waals surface area contributed by atoms with E-state index in [2.05, 4.69) is 27.5 Å². The minimum Gasteiger partial charge on any atom is -0.507 e. The number of hydrogen-bond acceptors (Lipinski definition) is 2. The monoisotopic (exact) mass is 275 g/mol. The average molecular weight is 276 g/mol. The summed E-state index contributed by atoms with van der Waals surface area (Å²) in [6.45, 7) is 3.99. The normalized spacial score (nSPS) is 10.1. The second-order valence-corrected chi connectivity index (χ2v) is 4.29. The molecule has 1 aromatic heterocycles. The predicted molar refractivity (Wildman–Crippen MR) is 68.2 cm³/mol. The van der Waals surface area contributed by atoms with Gasteiger partial charge in [-0.25, -0.2) is 0 Å². The molecule has 2 rings (SSSR count). The molecular weight excluding hydrogens is 266 g/mol. The molecule has 0 fully saturated rings. The van der Waals surface area contributed by atoms with Gasteiger partial charge < -0.3 is 5.11 Å². The molecular formula is C13H10BrNO. The lowest BCUT2D eigenvalue weighted by atomic mass is 10.00. The van der Waals surface area contributed by atoms with Crippen molar-refractivity contribution in [2.24, 2.45) is 0 Å². The molecule has 3 heteroatoms. The first-order valence-corrected chi connectivity index (χ1v) is 5.56. The fraction of sp³-hybridized carbons (Fsp3) is 0. The third-order valence-electron chi connectivity index (χ3n) is 2.31. The van der Waals surface area contributed by atoms with Gasteiger partial charge in [-0.1, -0.05) is 22.5 Å². The number of aromatic hydroxyl groups is 1. The maximum absolute atomic E-state index is 9.77. The Kier molecular flexibility index (Phi) is 3.06. The first-order valence-electron chi connectivity index (χ1n) is 4.76. The molecule has 0 bridgehead atoms. The number of rotatable bonds is 2. The lowest BCUT2D eigenvalue weighted by molar-refractivity contribution is 0.473. The van der Waals surface area contributed by atoms with Crippen LogP contribution in [0.15, 0.2) is 53.8 Å². The van der Waals surface area contributed by atoms with Gasteiger partial charge in [0.05, 0.1) is 0 Å². The molecule has 1 N–H and O–H groups in total. The Morgan fingerprint density at radius 2 is 1.88 bits per heavy atom. The van der Waals surface area contributed by atoms with Crippen LogP contribution in [0.5, 0.6) is 5.75 Å². The van der Waals surface area contributed by atoms with E-state index in [1.54, 1.807) is 24.5 Å². The summed E-state index contributed by atoms with van der Waals surface area (Å²) in [6, 6.07) is 9.01. The number of aromatic nitrogens is 1. The van der Waals surface area contributed by atoms with Gasteiger partial charge in [0.15, 0.2) is 0 Å². The van der Waals surface area contributed by atoms with Gasteiger partial charge in [0.2, 0.25) is 0 Å². The number of hydrogen-bond donors (Lipinski definition) is 1. The maximum atomic E-state index is 9.77. The summed E-state index contributed by atoms with van der Waals surface area (Å²) in [5.41, 5.74) is 2.45. The number of pyridine rings is 1. The van der Waals surface area contributed by atoms with Crippen molar-refractivity contribution in [3.8, 4) is 5.75 Å². The molecule has 0 aliphatic rings. The Hall–Kier alpha value is -1.61. The van der Waals surface area contributed by atoms with Gasteiger partial charge >= 0.3 is 0 Å². The zero-order valence-electron chi connectivity index (χ0n) is 8.52. The quantitative estimate of drug-likeness (QED) is 0.908. The molecule has 2 nitrogen and oxygen atoms in total. The van der Waals surface area contributed by atoms with Crippen LogP contribution in [0.1, 0.15) is 11.1 Å². The van der Waals surface area contributed by atoms with Crippen LogP contribution in [0.3, 0.4) is 0 Å². The summed E-state index contributed by atoms with van der Waals surface area (Å²) < 4.78 is 0.913.